The van der Waals surface area contributed by atoms with Gasteiger partial charge in [-0.05, 0) is 30.9 Å². The van der Waals surface area contributed by atoms with E-state index in [2.05, 4.69) is 4.90 Å². The molecule has 2 heterocycles. The van der Waals surface area contributed by atoms with Crippen LogP contribution >= 0.6 is 0 Å². The zero-order chi connectivity index (χ0) is 13.2. The molecule has 104 valence electrons. The molecule has 1 N–H and O–H groups in total. The molecule has 3 rings (SSSR count). The van der Waals surface area contributed by atoms with Crippen molar-refractivity contribution in [1.82, 2.24) is 9.80 Å². The van der Waals surface area contributed by atoms with Gasteiger partial charge in [-0.1, -0.05) is 0 Å². The number of hydrogen-bond acceptors (Lipinski definition) is 4. The number of rotatable bonds is 4. The van der Waals surface area contributed by atoms with Crippen molar-refractivity contribution in [3.63, 3.8) is 0 Å². The third kappa shape index (κ3) is 2.98. The molecule has 0 aromatic carbocycles. The molecule has 5 heteroatoms. The van der Waals surface area contributed by atoms with E-state index in [1.807, 2.05) is 4.90 Å². The van der Waals surface area contributed by atoms with Crippen molar-refractivity contribution in [2.45, 2.75) is 18.9 Å². The molecule has 0 bridgehead atoms. The topological polar surface area (TPSA) is 56.9 Å². The molecular formula is C14H20N2O3. The highest BCUT2D eigenvalue weighted by Crippen LogP contribution is 2.32. The first-order valence-corrected chi connectivity index (χ1v) is 6.97. The Morgan fingerprint density at radius 1 is 1.37 bits per heavy atom. The van der Waals surface area contributed by atoms with Crippen LogP contribution in [0.25, 0.3) is 0 Å². The zero-order valence-electron chi connectivity index (χ0n) is 11.0. The summed E-state index contributed by atoms with van der Waals surface area (Å²) in [6, 6.07) is 3.43. The minimum Gasteiger partial charge on any atom is -0.459 e. The summed E-state index contributed by atoms with van der Waals surface area (Å²) in [6.07, 6.45) is 3.67. The molecule has 1 aromatic rings. The fourth-order valence-corrected chi connectivity index (χ4v) is 2.58. The zero-order valence-corrected chi connectivity index (χ0v) is 11.0. The van der Waals surface area contributed by atoms with Crippen molar-refractivity contribution in [3.05, 3.63) is 24.2 Å². The molecule has 5 nitrogen and oxygen atoms in total. The molecular weight excluding hydrogens is 244 g/mol. The van der Waals surface area contributed by atoms with Crippen molar-refractivity contribution in [1.29, 1.82) is 0 Å². The molecule has 1 amide bonds. The lowest BCUT2D eigenvalue weighted by atomic mass is 10.2. The number of furan rings is 1. The van der Waals surface area contributed by atoms with E-state index in [1.165, 1.54) is 6.26 Å². The Bertz CT molecular complexity index is 420. The number of hydrogen-bond donors (Lipinski definition) is 1. The van der Waals surface area contributed by atoms with Gasteiger partial charge in [-0.15, -0.1) is 0 Å². The van der Waals surface area contributed by atoms with Gasteiger partial charge in [0.1, 0.15) is 0 Å². The molecule has 1 aliphatic heterocycles. The van der Waals surface area contributed by atoms with E-state index in [0.717, 1.165) is 32.5 Å². The fraction of sp³-hybridized carbons (Fsp3) is 0.643. The average Bonchev–Trinajstić information content (AvgIpc) is 3.14. The van der Waals surface area contributed by atoms with Crippen LogP contribution in [0.5, 0.6) is 0 Å². The highest BCUT2D eigenvalue weighted by Gasteiger charge is 2.32. The largest absolute Gasteiger partial charge is 0.459 e. The predicted octanol–water partition coefficient (Wildman–Crippen LogP) is 0.808. The Morgan fingerprint density at radius 3 is 2.68 bits per heavy atom. The number of nitrogens with zero attached hydrogens (tertiary/aromatic N) is 2. The van der Waals surface area contributed by atoms with E-state index in [4.69, 9.17) is 4.42 Å². The van der Waals surface area contributed by atoms with Crippen LogP contribution in [0.4, 0.5) is 0 Å². The quantitative estimate of drug-likeness (QED) is 0.874. The lowest BCUT2D eigenvalue weighted by Crippen LogP contribution is -2.50. The van der Waals surface area contributed by atoms with E-state index in [9.17, 15) is 9.90 Å². The van der Waals surface area contributed by atoms with Gasteiger partial charge in [-0.25, -0.2) is 0 Å². The molecule has 1 saturated carbocycles. The van der Waals surface area contributed by atoms with Crippen LogP contribution in [-0.4, -0.2) is 59.6 Å². The van der Waals surface area contributed by atoms with Crippen LogP contribution in [-0.2, 0) is 0 Å². The van der Waals surface area contributed by atoms with Crippen LogP contribution in [0, 0.1) is 5.92 Å². The maximum atomic E-state index is 12.1. The minimum absolute atomic E-state index is 0.0348. The second kappa shape index (κ2) is 5.35. The Morgan fingerprint density at radius 2 is 2.11 bits per heavy atom. The van der Waals surface area contributed by atoms with Crippen molar-refractivity contribution in [3.8, 4) is 0 Å². The highest BCUT2D eigenvalue weighted by molar-refractivity contribution is 5.91. The number of amides is 1. The van der Waals surface area contributed by atoms with Crippen LogP contribution in [0.15, 0.2) is 22.8 Å². The molecule has 2 fully saturated rings. The van der Waals surface area contributed by atoms with Crippen molar-refractivity contribution in [2.75, 3.05) is 32.7 Å². The number of carbonyl (C=O) groups is 1. The normalized spacial score (nSPS) is 22.5. The molecule has 1 saturated heterocycles. The molecule has 1 atom stereocenters. The van der Waals surface area contributed by atoms with Crippen molar-refractivity contribution >= 4 is 5.91 Å². The summed E-state index contributed by atoms with van der Waals surface area (Å²) < 4.78 is 5.13. The highest BCUT2D eigenvalue weighted by atomic mass is 16.3. The second-order valence-corrected chi connectivity index (χ2v) is 5.47. The summed E-state index contributed by atoms with van der Waals surface area (Å²) in [7, 11) is 0. The average molecular weight is 264 g/mol. The monoisotopic (exact) mass is 264 g/mol. The summed E-state index contributed by atoms with van der Waals surface area (Å²) in [6.45, 7) is 3.81. The number of aliphatic hydroxyl groups excluding tert-OH is 1. The van der Waals surface area contributed by atoms with Crippen LogP contribution in [0.3, 0.4) is 0 Å². The third-order valence-corrected chi connectivity index (χ3v) is 4.00. The van der Waals surface area contributed by atoms with Crippen LogP contribution in [0.2, 0.25) is 0 Å². The Labute approximate surface area is 112 Å². The number of β-amino-alcohol motifs (C(OH)–C–C–N with tert-alkyl or cyclic N) is 1. The Balaban J connectivity index is 1.47. The first kappa shape index (κ1) is 12.7. The molecule has 0 radical (unpaired) electrons. The molecule has 2 aliphatic rings. The maximum Gasteiger partial charge on any atom is 0.289 e. The van der Waals surface area contributed by atoms with Gasteiger partial charge in [0, 0.05) is 32.7 Å². The van der Waals surface area contributed by atoms with E-state index < -0.39 is 0 Å². The summed E-state index contributed by atoms with van der Waals surface area (Å²) in [5.41, 5.74) is 0. The first-order valence-electron chi connectivity index (χ1n) is 6.97. The van der Waals surface area contributed by atoms with E-state index in [1.54, 1.807) is 12.1 Å². The molecule has 1 aliphatic carbocycles. The van der Waals surface area contributed by atoms with E-state index in [-0.39, 0.29) is 12.0 Å². The van der Waals surface area contributed by atoms with Gasteiger partial charge in [0.05, 0.1) is 12.4 Å². The third-order valence-electron chi connectivity index (χ3n) is 4.00. The summed E-state index contributed by atoms with van der Waals surface area (Å²) in [5, 5.41) is 9.93. The minimum atomic E-state index is -0.188. The molecule has 1 aromatic heterocycles. The van der Waals surface area contributed by atoms with Crippen molar-refractivity contribution < 1.29 is 14.3 Å². The summed E-state index contributed by atoms with van der Waals surface area (Å²) >= 11 is 0. The fourth-order valence-electron chi connectivity index (χ4n) is 2.58. The van der Waals surface area contributed by atoms with E-state index in [0.29, 0.717) is 24.8 Å². The maximum absolute atomic E-state index is 12.1. The molecule has 1 unspecified atom stereocenters. The van der Waals surface area contributed by atoms with Gasteiger partial charge in [0.15, 0.2) is 5.76 Å². The lowest BCUT2D eigenvalue weighted by molar-refractivity contribution is 0.0468. The SMILES string of the molecule is O=C(c1ccco1)N1CCN(CC(O)C2CC2)CC1. The van der Waals surface area contributed by atoms with Gasteiger partial charge in [0.2, 0.25) is 0 Å². The number of aliphatic hydroxyl groups is 1. The van der Waals surface area contributed by atoms with Gasteiger partial charge >= 0.3 is 0 Å². The smallest absolute Gasteiger partial charge is 0.289 e. The predicted molar refractivity (Wildman–Crippen MR) is 69.8 cm³/mol. The summed E-state index contributed by atoms with van der Waals surface area (Å²) in [5.74, 6) is 0.890. The Kier molecular flexibility index (Phi) is 3.57. The van der Waals surface area contributed by atoms with Gasteiger partial charge < -0.3 is 14.4 Å². The molecule has 0 spiro atoms. The van der Waals surface area contributed by atoms with Gasteiger partial charge in [-0.3, -0.25) is 9.69 Å². The van der Waals surface area contributed by atoms with Crippen LogP contribution < -0.4 is 0 Å². The van der Waals surface area contributed by atoms with E-state index >= 15 is 0 Å². The van der Waals surface area contributed by atoms with Crippen LogP contribution in [0.1, 0.15) is 23.4 Å². The first-order chi connectivity index (χ1) is 9.24. The Hall–Kier alpha value is -1.33. The number of piperazine rings is 1. The molecule has 19 heavy (non-hydrogen) atoms. The summed E-state index contributed by atoms with van der Waals surface area (Å²) in [4.78, 5) is 16.1. The van der Waals surface area contributed by atoms with Gasteiger partial charge in [0.25, 0.3) is 5.91 Å². The standard InChI is InChI=1S/C14H20N2O3/c17-12(11-3-4-11)10-15-5-7-16(8-6-15)14(18)13-2-1-9-19-13/h1-2,9,11-12,17H,3-8,10H2. The number of carbonyl (C=O) groups excluding carboxylic acids is 1. The lowest BCUT2D eigenvalue weighted by Gasteiger charge is -2.35. The van der Waals surface area contributed by atoms with Crippen molar-refractivity contribution in [2.24, 2.45) is 5.92 Å². The van der Waals surface area contributed by atoms with Gasteiger partial charge in [-0.2, -0.15) is 0 Å². The second-order valence-electron chi connectivity index (χ2n) is 5.47.